The van der Waals surface area contributed by atoms with Crippen LogP contribution in [0, 0.1) is 13.8 Å². The van der Waals surface area contributed by atoms with Gasteiger partial charge in [-0.3, -0.25) is 0 Å². The molecule has 30 heavy (non-hydrogen) atoms. The molecule has 0 aliphatic carbocycles. The highest BCUT2D eigenvalue weighted by molar-refractivity contribution is 7.92. The predicted molar refractivity (Wildman–Crippen MR) is 126 cm³/mol. The second-order valence-electron chi connectivity index (χ2n) is 7.60. The van der Waals surface area contributed by atoms with Gasteiger partial charge in [0.15, 0.2) is 15.0 Å². The molecule has 0 atom stereocenters. The number of sulfone groups is 1. The Labute approximate surface area is 191 Å². The molecule has 8 heteroatoms. The highest BCUT2D eigenvalue weighted by atomic mass is 35.5. The molecule has 1 aliphatic rings. The SMILES string of the molecule is Cc1ccc(-c2csc(N3CCC(S(=O)(=O)c4cccc(Cl)c4Cl)CC3)n2)cc1C. The van der Waals surface area contributed by atoms with Crippen LogP contribution in [0.5, 0.6) is 0 Å². The van der Waals surface area contributed by atoms with Gasteiger partial charge in [0.05, 0.1) is 25.9 Å². The average molecular weight is 481 g/mol. The van der Waals surface area contributed by atoms with Gasteiger partial charge in [0.1, 0.15) is 0 Å². The molecule has 0 amide bonds. The van der Waals surface area contributed by atoms with Crippen molar-refractivity contribution in [2.75, 3.05) is 18.0 Å². The molecular weight excluding hydrogens is 459 g/mol. The van der Waals surface area contributed by atoms with Gasteiger partial charge in [0, 0.05) is 24.0 Å². The van der Waals surface area contributed by atoms with E-state index in [1.807, 2.05) is 0 Å². The highest BCUT2D eigenvalue weighted by Crippen LogP contribution is 2.35. The van der Waals surface area contributed by atoms with Crippen LogP contribution in [0.15, 0.2) is 46.7 Å². The Morgan fingerprint density at radius 2 is 1.80 bits per heavy atom. The third kappa shape index (κ3) is 4.11. The minimum absolute atomic E-state index is 0.111. The summed E-state index contributed by atoms with van der Waals surface area (Å²) in [7, 11) is -3.53. The number of halogens is 2. The number of aromatic nitrogens is 1. The minimum Gasteiger partial charge on any atom is -0.348 e. The van der Waals surface area contributed by atoms with E-state index in [2.05, 4.69) is 42.3 Å². The molecule has 0 N–H and O–H groups in total. The summed E-state index contributed by atoms with van der Waals surface area (Å²) in [5, 5.41) is 2.90. The number of hydrogen-bond acceptors (Lipinski definition) is 5. The Hall–Kier alpha value is -1.60. The van der Waals surface area contributed by atoms with Gasteiger partial charge in [-0.1, -0.05) is 41.4 Å². The molecule has 0 radical (unpaired) electrons. The topological polar surface area (TPSA) is 50.3 Å². The van der Waals surface area contributed by atoms with Crippen molar-refractivity contribution in [2.45, 2.75) is 36.8 Å². The zero-order chi connectivity index (χ0) is 21.5. The van der Waals surface area contributed by atoms with Crippen LogP contribution < -0.4 is 4.90 Å². The van der Waals surface area contributed by atoms with Gasteiger partial charge < -0.3 is 4.90 Å². The molecule has 2 aromatic carbocycles. The standard InChI is InChI=1S/C22H22Cl2N2O2S2/c1-14-6-7-16(12-15(14)2)19-13-29-22(25-19)26-10-8-17(9-11-26)30(27,28)20-5-3-4-18(23)21(20)24/h3-7,12-13,17H,8-11H2,1-2H3. The van der Waals surface area contributed by atoms with Crippen LogP contribution >= 0.6 is 34.5 Å². The molecule has 1 aliphatic heterocycles. The van der Waals surface area contributed by atoms with Crippen molar-refractivity contribution in [3.63, 3.8) is 0 Å². The van der Waals surface area contributed by atoms with Crippen LogP contribution in [0.4, 0.5) is 5.13 Å². The van der Waals surface area contributed by atoms with Gasteiger partial charge in [-0.05, 0) is 56.0 Å². The van der Waals surface area contributed by atoms with Crippen molar-refractivity contribution >= 4 is 49.5 Å². The summed E-state index contributed by atoms with van der Waals surface area (Å²) in [6.45, 7) is 5.48. The van der Waals surface area contributed by atoms with Gasteiger partial charge in [-0.2, -0.15) is 0 Å². The van der Waals surface area contributed by atoms with Crippen molar-refractivity contribution in [3.05, 3.63) is 63.0 Å². The lowest BCUT2D eigenvalue weighted by Gasteiger charge is -2.31. The number of piperidine rings is 1. The fourth-order valence-corrected chi connectivity index (χ4v) is 7.07. The number of aryl methyl sites for hydroxylation is 2. The van der Waals surface area contributed by atoms with Crippen LogP contribution in [-0.2, 0) is 9.84 Å². The number of hydrogen-bond donors (Lipinski definition) is 0. The zero-order valence-electron chi connectivity index (χ0n) is 16.7. The van der Waals surface area contributed by atoms with E-state index in [0.29, 0.717) is 25.9 Å². The van der Waals surface area contributed by atoms with E-state index in [9.17, 15) is 8.42 Å². The maximum Gasteiger partial charge on any atom is 0.185 e. The Kier molecular flexibility index (Phi) is 6.13. The van der Waals surface area contributed by atoms with Crippen LogP contribution in [0.1, 0.15) is 24.0 Å². The average Bonchev–Trinajstić information content (AvgIpc) is 3.22. The van der Waals surface area contributed by atoms with Crippen LogP contribution in [0.25, 0.3) is 11.3 Å². The molecular formula is C22H22Cl2N2O2S2. The predicted octanol–water partition coefficient (Wildman–Crippen LogP) is 6.18. The Balaban J connectivity index is 1.48. The smallest absolute Gasteiger partial charge is 0.185 e. The second kappa shape index (κ2) is 8.50. The number of thiazole rings is 1. The lowest BCUT2D eigenvalue weighted by Crippen LogP contribution is -2.39. The van der Waals surface area contributed by atoms with E-state index in [1.165, 1.54) is 17.2 Å². The first-order valence-corrected chi connectivity index (χ1v) is 12.9. The van der Waals surface area contributed by atoms with E-state index < -0.39 is 15.1 Å². The van der Waals surface area contributed by atoms with Gasteiger partial charge in [0.25, 0.3) is 0 Å². The Morgan fingerprint density at radius 3 is 2.50 bits per heavy atom. The summed E-state index contributed by atoms with van der Waals surface area (Å²) >= 11 is 13.8. The van der Waals surface area contributed by atoms with E-state index >= 15 is 0 Å². The third-order valence-electron chi connectivity index (χ3n) is 5.67. The van der Waals surface area contributed by atoms with Crippen molar-refractivity contribution in [1.82, 2.24) is 4.98 Å². The highest BCUT2D eigenvalue weighted by Gasteiger charge is 2.33. The Morgan fingerprint density at radius 1 is 1.07 bits per heavy atom. The van der Waals surface area contributed by atoms with Crippen molar-refractivity contribution in [1.29, 1.82) is 0 Å². The molecule has 0 spiro atoms. The first-order chi connectivity index (χ1) is 14.3. The number of rotatable bonds is 4. The number of benzene rings is 2. The zero-order valence-corrected chi connectivity index (χ0v) is 19.9. The lowest BCUT2D eigenvalue weighted by atomic mass is 10.1. The first-order valence-electron chi connectivity index (χ1n) is 9.73. The number of anilines is 1. The molecule has 4 nitrogen and oxygen atoms in total. The van der Waals surface area contributed by atoms with E-state index in [4.69, 9.17) is 28.2 Å². The van der Waals surface area contributed by atoms with E-state index in [1.54, 1.807) is 23.5 Å². The molecule has 0 unspecified atom stereocenters. The fourth-order valence-electron chi connectivity index (χ4n) is 3.68. The molecule has 0 bridgehead atoms. The normalized spacial score (nSPS) is 15.5. The first kappa shape index (κ1) is 21.6. The molecule has 4 rings (SSSR count). The molecule has 0 saturated carbocycles. The summed E-state index contributed by atoms with van der Waals surface area (Å²) in [5.74, 6) is 0. The quantitative estimate of drug-likeness (QED) is 0.447. The van der Waals surface area contributed by atoms with Crippen LogP contribution in [0.3, 0.4) is 0 Å². The van der Waals surface area contributed by atoms with E-state index in [0.717, 1.165) is 16.4 Å². The molecule has 1 saturated heterocycles. The summed E-state index contributed by atoms with van der Waals surface area (Å²) in [5.41, 5.74) is 4.57. The van der Waals surface area contributed by atoms with Gasteiger partial charge in [-0.15, -0.1) is 11.3 Å². The Bertz CT molecular complexity index is 1180. The number of nitrogens with zero attached hydrogens (tertiary/aromatic N) is 2. The van der Waals surface area contributed by atoms with Crippen LogP contribution in [-0.4, -0.2) is 31.7 Å². The van der Waals surface area contributed by atoms with Crippen molar-refractivity contribution < 1.29 is 8.42 Å². The molecule has 1 aromatic heterocycles. The monoisotopic (exact) mass is 480 g/mol. The second-order valence-corrected chi connectivity index (χ2v) is 11.4. The summed E-state index contributed by atoms with van der Waals surface area (Å²) < 4.78 is 26.2. The van der Waals surface area contributed by atoms with Crippen molar-refractivity contribution in [3.8, 4) is 11.3 Å². The van der Waals surface area contributed by atoms with Crippen molar-refractivity contribution in [2.24, 2.45) is 0 Å². The van der Waals surface area contributed by atoms with Gasteiger partial charge in [-0.25, -0.2) is 13.4 Å². The van der Waals surface area contributed by atoms with Gasteiger partial charge >= 0.3 is 0 Å². The largest absolute Gasteiger partial charge is 0.348 e. The van der Waals surface area contributed by atoms with E-state index in [-0.39, 0.29) is 14.9 Å². The molecule has 158 valence electrons. The molecule has 3 aromatic rings. The van der Waals surface area contributed by atoms with Gasteiger partial charge in [0.2, 0.25) is 0 Å². The van der Waals surface area contributed by atoms with Crippen LogP contribution in [0.2, 0.25) is 10.0 Å². The summed E-state index contributed by atoms with van der Waals surface area (Å²) in [6.07, 6.45) is 1.06. The maximum atomic E-state index is 13.1. The third-order valence-corrected chi connectivity index (χ3v) is 9.80. The minimum atomic E-state index is -3.53. The molecule has 1 fully saturated rings. The summed E-state index contributed by atoms with van der Waals surface area (Å²) in [4.78, 5) is 7.10. The lowest BCUT2D eigenvalue weighted by molar-refractivity contribution is 0.529. The fraction of sp³-hybridized carbons (Fsp3) is 0.318. The maximum absolute atomic E-state index is 13.1. The molecule has 2 heterocycles. The summed E-state index contributed by atoms with van der Waals surface area (Å²) in [6, 6.07) is 11.1.